The molecule has 0 radical (unpaired) electrons. The van der Waals surface area contributed by atoms with Crippen molar-refractivity contribution in [3.63, 3.8) is 0 Å². The van der Waals surface area contributed by atoms with Crippen LogP contribution in [0.5, 0.6) is 0 Å². The van der Waals surface area contributed by atoms with Crippen LogP contribution in [-0.4, -0.2) is 38.0 Å². The minimum absolute atomic E-state index is 0.0590. The number of amides is 1. The van der Waals surface area contributed by atoms with Gasteiger partial charge in [-0.3, -0.25) is 9.59 Å². The lowest BCUT2D eigenvalue weighted by Crippen LogP contribution is -2.36. The topological polar surface area (TPSA) is 58.6 Å². The van der Waals surface area contributed by atoms with Crippen molar-refractivity contribution in [2.24, 2.45) is 0 Å². The number of ketones is 1. The fourth-order valence-corrected chi connectivity index (χ4v) is 3.31. The van der Waals surface area contributed by atoms with Crippen molar-refractivity contribution in [2.75, 3.05) is 36.5 Å². The van der Waals surface area contributed by atoms with Gasteiger partial charge in [-0.15, -0.1) is 0 Å². The number of morpholine rings is 1. The first-order valence-corrected chi connectivity index (χ1v) is 9.65. The van der Waals surface area contributed by atoms with Crippen LogP contribution in [0.2, 0.25) is 0 Å². The van der Waals surface area contributed by atoms with Gasteiger partial charge in [-0.1, -0.05) is 42.5 Å². The lowest BCUT2D eigenvalue weighted by Gasteiger charge is -2.28. The number of carbonyl (C=O) groups excluding carboxylic acids is 2. The van der Waals surface area contributed by atoms with Gasteiger partial charge in [0, 0.05) is 41.2 Å². The first-order valence-electron chi connectivity index (χ1n) is 9.65. The Kier molecular flexibility index (Phi) is 5.68. The average molecular weight is 386 g/mol. The maximum absolute atomic E-state index is 12.5. The highest BCUT2D eigenvalue weighted by Crippen LogP contribution is 2.20. The molecule has 1 aliphatic rings. The smallest absolute Gasteiger partial charge is 0.255 e. The number of anilines is 2. The van der Waals surface area contributed by atoms with Crippen LogP contribution < -0.4 is 10.2 Å². The Morgan fingerprint density at radius 1 is 0.724 bits per heavy atom. The zero-order valence-electron chi connectivity index (χ0n) is 16.0. The molecule has 0 saturated carbocycles. The number of carbonyl (C=O) groups is 2. The molecule has 1 aliphatic heterocycles. The molecule has 1 heterocycles. The standard InChI is InChI=1S/C24H22N2O3/c27-23(18-4-2-1-3-5-18)19-6-8-20(9-7-19)24(28)25-21-10-12-22(13-11-21)26-14-16-29-17-15-26/h1-13H,14-17H2,(H,25,28). The summed E-state index contributed by atoms with van der Waals surface area (Å²) >= 11 is 0. The largest absolute Gasteiger partial charge is 0.378 e. The minimum atomic E-state index is -0.206. The van der Waals surface area contributed by atoms with Crippen molar-refractivity contribution < 1.29 is 14.3 Å². The van der Waals surface area contributed by atoms with Crippen LogP contribution in [0.15, 0.2) is 78.9 Å². The van der Waals surface area contributed by atoms with E-state index in [9.17, 15) is 9.59 Å². The SMILES string of the molecule is O=C(Nc1ccc(N2CCOCC2)cc1)c1ccc(C(=O)c2ccccc2)cc1. The Morgan fingerprint density at radius 3 is 1.97 bits per heavy atom. The van der Waals surface area contributed by atoms with Crippen LogP contribution in [0.4, 0.5) is 11.4 Å². The Hall–Kier alpha value is -3.44. The van der Waals surface area contributed by atoms with Crippen LogP contribution in [0.25, 0.3) is 0 Å². The Bertz CT molecular complexity index is 977. The van der Waals surface area contributed by atoms with Gasteiger partial charge in [-0.25, -0.2) is 0 Å². The first-order chi connectivity index (χ1) is 14.2. The summed E-state index contributed by atoms with van der Waals surface area (Å²) < 4.78 is 5.38. The monoisotopic (exact) mass is 386 g/mol. The fraction of sp³-hybridized carbons (Fsp3) is 0.167. The normalized spacial score (nSPS) is 13.7. The highest BCUT2D eigenvalue weighted by Gasteiger charge is 2.13. The maximum atomic E-state index is 12.5. The van der Waals surface area contributed by atoms with Gasteiger partial charge in [-0.2, -0.15) is 0 Å². The van der Waals surface area contributed by atoms with Crippen molar-refractivity contribution in [2.45, 2.75) is 0 Å². The highest BCUT2D eigenvalue weighted by atomic mass is 16.5. The summed E-state index contributed by atoms with van der Waals surface area (Å²) in [6.45, 7) is 3.22. The Labute approximate surface area is 169 Å². The molecule has 146 valence electrons. The molecule has 1 fully saturated rings. The van der Waals surface area contributed by atoms with Gasteiger partial charge < -0.3 is 15.0 Å². The molecule has 0 spiro atoms. The van der Waals surface area contributed by atoms with Gasteiger partial charge in [0.15, 0.2) is 5.78 Å². The summed E-state index contributed by atoms with van der Waals surface area (Å²) in [5.74, 6) is -0.265. The van der Waals surface area contributed by atoms with E-state index in [2.05, 4.69) is 10.2 Å². The van der Waals surface area contributed by atoms with Crippen molar-refractivity contribution in [3.8, 4) is 0 Å². The molecule has 1 amide bonds. The molecular weight excluding hydrogens is 364 g/mol. The third kappa shape index (κ3) is 4.52. The van der Waals surface area contributed by atoms with E-state index in [0.29, 0.717) is 16.7 Å². The average Bonchev–Trinajstić information content (AvgIpc) is 2.80. The van der Waals surface area contributed by atoms with Crippen molar-refractivity contribution >= 4 is 23.1 Å². The maximum Gasteiger partial charge on any atom is 0.255 e. The summed E-state index contributed by atoms with van der Waals surface area (Å²) in [6.07, 6.45) is 0. The molecule has 0 atom stereocenters. The Morgan fingerprint density at radius 2 is 1.31 bits per heavy atom. The summed E-state index contributed by atoms with van der Waals surface area (Å²) in [7, 11) is 0. The minimum Gasteiger partial charge on any atom is -0.378 e. The molecule has 5 heteroatoms. The van der Waals surface area contributed by atoms with E-state index in [1.165, 1.54) is 0 Å². The van der Waals surface area contributed by atoms with Crippen LogP contribution in [0.1, 0.15) is 26.3 Å². The van der Waals surface area contributed by atoms with Gasteiger partial charge in [0.1, 0.15) is 0 Å². The number of rotatable bonds is 5. The second kappa shape index (κ2) is 8.71. The lowest BCUT2D eigenvalue weighted by molar-refractivity contribution is 0.102. The number of ether oxygens (including phenoxy) is 1. The molecular formula is C24H22N2O3. The van der Waals surface area contributed by atoms with Crippen LogP contribution in [0, 0.1) is 0 Å². The van der Waals surface area contributed by atoms with Crippen LogP contribution >= 0.6 is 0 Å². The molecule has 3 aromatic rings. The number of hydrogen-bond donors (Lipinski definition) is 1. The number of benzene rings is 3. The third-order valence-corrected chi connectivity index (χ3v) is 4.95. The molecule has 0 aliphatic carbocycles. The lowest BCUT2D eigenvalue weighted by atomic mass is 10.0. The molecule has 5 nitrogen and oxygen atoms in total. The van der Waals surface area contributed by atoms with E-state index in [1.807, 2.05) is 42.5 Å². The van der Waals surface area contributed by atoms with Gasteiger partial charge in [-0.05, 0) is 36.4 Å². The molecule has 29 heavy (non-hydrogen) atoms. The van der Waals surface area contributed by atoms with E-state index in [-0.39, 0.29) is 11.7 Å². The summed E-state index contributed by atoms with van der Waals surface area (Å²) in [4.78, 5) is 27.3. The summed E-state index contributed by atoms with van der Waals surface area (Å²) in [5, 5.41) is 2.90. The quantitative estimate of drug-likeness (QED) is 0.673. The first kappa shape index (κ1) is 18.9. The van der Waals surface area contributed by atoms with Crippen molar-refractivity contribution in [3.05, 3.63) is 95.6 Å². The van der Waals surface area contributed by atoms with Gasteiger partial charge in [0.25, 0.3) is 5.91 Å². The number of nitrogens with zero attached hydrogens (tertiary/aromatic N) is 1. The second-order valence-electron chi connectivity index (χ2n) is 6.87. The van der Waals surface area contributed by atoms with E-state index in [1.54, 1.807) is 36.4 Å². The Balaban J connectivity index is 1.40. The molecule has 0 bridgehead atoms. The second-order valence-corrected chi connectivity index (χ2v) is 6.87. The molecule has 3 aromatic carbocycles. The van der Waals surface area contributed by atoms with Gasteiger partial charge in [0.2, 0.25) is 0 Å². The highest BCUT2D eigenvalue weighted by molar-refractivity contribution is 6.10. The molecule has 4 rings (SSSR count). The number of hydrogen-bond acceptors (Lipinski definition) is 4. The summed E-state index contributed by atoms with van der Waals surface area (Å²) in [5.41, 5.74) is 3.55. The van der Waals surface area contributed by atoms with E-state index in [0.717, 1.165) is 37.7 Å². The molecule has 1 saturated heterocycles. The van der Waals surface area contributed by atoms with Gasteiger partial charge in [0.05, 0.1) is 13.2 Å². The zero-order chi connectivity index (χ0) is 20.1. The van der Waals surface area contributed by atoms with Crippen LogP contribution in [-0.2, 0) is 4.74 Å². The molecule has 0 unspecified atom stereocenters. The van der Waals surface area contributed by atoms with E-state index < -0.39 is 0 Å². The van der Waals surface area contributed by atoms with Crippen molar-refractivity contribution in [1.82, 2.24) is 0 Å². The van der Waals surface area contributed by atoms with E-state index in [4.69, 9.17) is 4.74 Å². The number of nitrogens with one attached hydrogen (secondary N) is 1. The van der Waals surface area contributed by atoms with E-state index >= 15 is 0 Å². The van der Waals surface area contributed by atoms with Crippen molar-refractivity contribution in [1.29, 1.82) is 0 Å². The zero-order valence-corrected chi connectivity index (χ0v) is 16.0. The molecule has 0 aromatic heterocycles. The predicted molar refractivity (Wildman–Crippen MR) is 114 cm³/mol. The predicted octanol–water partition coefficient (Wildman–Crippen LogP) is 4.01. The third-order valence-electron chi connectivity index (χ3n) is 4.95. The summed E-state index contributed by atoms with van der Waals surface area (Å²) in [6, 6.07) is 23.6. The van der Waals surface area contributed by atoms with Gasteiger partial charge >= 0.3 is 0 Å². The van der Waals surface area contributed by atoms with Crippen LogP contribution in [0.3, 0.4) is 0 Å². The fourth-order valence-electron chi connectivity index (χ4n) is 3.31. The molecule has 1 N–H and O–H groups in total.